The van der Waals surface area contributed by atoms with Gasteiger partial charge in [-0.3, -0.25) is 4.79 Å². The third-order valence-corrected chi connectivity index (χ3v) is 4.40. The maximum absolute atomic E-state index is 12.5. The average molecular weight is 309 g/mol. The zero-order valence-electron chi connectivity index (χ0n) is 13.1. The first-order valence-electron chi connectivity index (χ1n) is 8.00. The second kappa shape index (κ2) is 5.61. The Morgan fingerprint density at radius 1 is 1.13 bits per heavy atom. The molecule has 0 bridgehead atoms. The van der Waals surface area contributed by atoms with Crippen LogP contribution in [0.3, 0.4) is 0 Å². The second-order valence-electron chi connectivity index (χ2n) is 6.12. The number of rotatable bonds is 3. The third kappa shape index (κ3) is 2.65. The van der Waals surface area contributed by atoms with E-state index in [1.165, 1.54) is 5.56 Å². The molecule has 2 aliphatic rings. The van der Waals surface area contributed by atoms with E-state index in [-0.39, 0.29) is 5.91 Å². The van der Waals surface area contributed by atoms with Gasteiger partial charge in [-0.2, -0.15) is 0 Å². The molecular weight excluding hydrogens is 290 g/mol. The van der Waals surface area contributed by atoms with E-state index in [0.29, 0.717) is 19.6 Å². The van der Waals surface area contributed by atoms with E-state index in [1.807, 2.05) is 31.2 Å². The van der Waals surface area contributed by atoms with Gasteiger partial charge in [0.2, 0.25) is 5.91 Å². The van der Waals surface area contributed by atoms with Crippen LogP contribution in [-0.2, 0) is 24.1 Å². The molecule has 0 atom stereocenters. The van der Waals surface area contributed by atoms with Gasteiger partial charge in [0.15, 0.2) is 0 Å². The first kappa shape index (κ1) is 14.1. The molecule has 1 N–H and O–H groups in total. The molecule has 0 radical (unpaired) electrons. The summed E-state index contributed by atoms with van der Waals surface area (Å²) in [6.07, 6.45) is 2.04. The van der Waals surface area contributed by atoms with E-state index in [2.05, 4.69) is 11.4 Å². The van der Waals surface area contributed by atoms with Gasteiger partial charge in [-0.1, -0.05) is 29.8 Å². The molecule has 0 aliphatic carbocycles. The molecule has 0 spiro atoms. The Kier molecular flexibility index (Phi) is 3.45. The fourth-order valence-corrected chi connectivity index (χ4v) is 3.19. The number of benzene rings is 2. The monoisotopic (exact) mass is 309 g/mol. The zero-order valence-corrected chi connectivity index (χ0v) is 13.1. The number of carbonyl (C=O) groups excluding carboxylic acids is 1. The molecule has 0 fully saturated rings. The lowest BCUT2D eigenvalue weighted by molar-refractivity contribution is -0.115. The van der Waals surface area contributed by atoms with Crippen molar-refractivity contribution in [3.8, 4) is 11.5 Å². The van der Waals surface area contributed by atoms with Gasteiger partial charge < -0.3 is 14.8 Å². The van der Waals surface area contributed by atoms with Crippen molar-refractivity contribution in [3.63, 3.8) is 0 Å². The van der Waals surface area contributed by atoms with Crippen LogP contribution in [0, 0.1) is 6.92 Å². The number of aryl methyl sites for hydroxylation is 1. The molecule has 2 aromatic rings. The molecule has 2 aliphatic heterocycles. The summed E-state index contributed by atoms with van der Waals surface area (Å²) in [5.41, 5.74) is 5.19. The quantitative estimate of drug-likeness (QED) is 0.948. The van der Waals surface area contributed by atoms with Gasteiger partial charge in [0.1, 0.15) is 11.5 Å². The van der Waals surface area contributed by atoms with Gasteiger partial charge in [-0.25, -0.2) is 0 Å². The Labute approximate surface area is 135 Å². The van der Waals surface area contributed by atoms with Crippen molar-refractivity contribution in [3.05, 3.63) is 52.6 Å². The molecule has 2 heterocycles. The third-order valence-electron chi connectivity index (χ3n) is 4.40. The molecule has 4 heteroatoms. The summed E-state index contributed by atoms with van der Waals surface area (Å²) in [5, 5.41) is 3.06. The average Bonchev–Trinajstić information content (AvgIpc) is 3.18. The molecule has 0 saturated heterocycles. The Balaban J connectivity index is 1.59. The molecule has 0 saturated carbocycles. The van der Waals surface area contributed by atoms with Crippen LogP contribution in [-0.4, -0.2) is 19.1 Å². The summed E-state index contributed by atoms with van der Waals surface area (Å²) < 4.78 is 11.4. The summed E-state index contributed by atoms with van der Waals surface area (Å²) in [6, 6.07) is 10.1. The van der Waals surface area contributed by atoms with Crippen LogP contribution in [0.2, 0.25) is 0 Å². The highest BCUT2D eigenvalue weighted by Gasteiger charge is 2.27. The fraction of sp³-hybridized carbons (Fsp3) is 0.316. The highest BCUT2D eigenvalue weighted by Crippen LogP contribution is 2.44. The number of hydrogen-bond acceptors (Lipinski definition) is 3. The molecule has 4 rings (SSSR count). The maximum atomic E-state index is 12.5. The van der Waals surface area contributed by atoms with Crippen LogP contribution in [0.5, 0.6) is 11.5 Å². The summed E-state index contributed by atoms with van der Waals surface area (Å²) in [4.78, 5) is 12.5. The van der Waals surface area contributed by atoms with Crippen LogP contribution in [0.15, 0.2) is 30.3 Å². The van der Waals surface area contributed by atoms with Crippen LogP contribution in [0.25, 0.3) is 0 Å². The predicted octanol–water partition coefficient (Wildman–Crippen LogP) is 3.05. The van der Waals surface area contributed by atoms with E-state index in [1.54, 1.807) is 0 Å². The maximum Gasteiger partial charge on any atom is 0.228 e. The van der Waals surface area contributed by atoms with Gasteiger partial charge in [0, 0.05) is 24.0 Å². The molecule has 1 amide bonds. The topological polar surface area (TPSA) is 47.6 Å². The van der Waals surface area contributed by atoms with E-state index in [9.17, 15) is 4.79 Å². The van der Waals surface area contributed by atoms with E-state index in [4.69, 9.17) is 9.47 Å². The number of fused-ring (bicyclic) bond motifs is 2. The van der Waals surface area contributed by atoms with Crippen molar-refractivity contribution in [1.29, 1.82) is 0 Å². The lowest BCUT2D eigenvalue weighted by Gasteiger charge is -2.14. The molecule has 23 heavy (non-hydrogen) atoms. The molecule has 2 aromatic carbocycles. The largest absolute Gasteiger partial charge is 0.493 e. The van der Waals surface area contributed by atoms with Gasteiger partial charge in [0.25, 0.3) is 0 Å². The SMILES string of the molecule is Cc1ccc(CC(=O)Nc2c3c(cc4c2OCC4)OCC3)cc1. The Morgan fingerprint density at radius 3 is 2.74 bits per heavy atom. The van der Waals surface area contributed by atoms with Crippen molar-refractivity contribution in [2.75, 3.05) is 18.5 Å². The Bertz CT molecular complexity index is 733. The summed E-state index contributed by atoms with van der Waals surface area (Å²) in [7, 11) is 0. The van der Waals surface area contributed by atoms with Crippen molar-refractivity contribution in [2.45, 2.75) is 26.2 Å². The molecule has 118 valence electrons. The smallest absolute Gasteiger partial charge is 0.228 e. The highest BCUT2D eigenvalue weighted by atomic mass is 16.5. The minimum absolute atomic E-state index is 0.0214. The van der Waals surface area contributed by atoms with Gasteiger partial charge in [-0.05, 0) is 18.6 Å². The van der Waals surface area contributed by atoms with E-state index < -0.39 is 0 Å². The molecule has 0 unspecified atom stereocenters. The van der Waals surface area contributed by atoms with Crippen LogP contribution < -0.4 is 14.8 Å². The predicted molar refractivity (Wildman–Crippen MR) is 88.4 cm³/mol. The van der Waals surface area contributed by atoms with Crippen LogP contribution in [0.1, 0.15) is 22.3 Å². The van der Waals surface area contributed by atoms with Crippen LogP contribution in [0.4, 0.5) is 5.69 Å². The summed E-state index contributed by atoms with van der Waals surface area (Å²) in [5.74, 6) is 1.69. The summed E-state index contributed by atoms with van der Waals surface area (Å²) in [6.45, 7) is 3.37. The number of anilines is 1. The zero-order chi connectivity index (χ0) is 15.8. The van der Waals surface area contributed by atoms with Crippen molar-refractivity contribution >= 4 is 11.6 Å². The van der Waals surface area contributed by atoms with Crippen molar-refractivity contribution in [2.24, 2.45) is 0 Å². The first-order chi connectivity index (χ1) is 11.2. The molecular formula is C19H19NO3. The van der Waals surface area contributed by atoms with Gasteiger partial charge in [0.05, 0.1) is 25.3 Å². The van der Waals surface area contributed by atoms with Gasteiger partial charge in [-0.15, -0.1) is 0 Å². The normalized spacial score (nSPS) is 14.7. The van der Waals surface area contributed by atoms with Crippen LogP contribution >= 0.6 is 0 Å². The summed E-state index contributed by atoms with van der Waals surface area (Å²) >= 11 is 0. The van der Waals surface area contributed by atoms with E-state index >= 15 is 0 Å². The lowest BCUT2D eigenvalue weighted by Crippen LogP contribution is -2.16. The van der Waals surface area contributed by atoms with Crippen molar-refractivity contribution in [1.82, 2.24) is 0 Å². The number of carbonyl (C=O) groups is 1. The van der Waals surface area contributed by atoms with Crippen molar-refractivity contribution < 1.29 is 14.3 Å². The number of amides is 1. The Hall–Kier alpha value is -2.49. The Morgan fingerprint density at radius 2 is 1.91 bits per heavy atom. The minimum Gasteiger partial charge on any atom is -0.493 e. The molecule has 4 nitrogen and oxygen atoms in total. The molecule has 0 aromatic heterocycles. The highest BCUT2D eigenvalue weighted by molar-refractivity contribution is 5.95. The lowest BCUT2D eigenvalue weighted by atomic mass is 10.0. The second-order valence-corrected chi connectivity index (χ2v) is 6.12. The van der Waals surface area contributed by atoms with Gasteiger partial charge >= 0.3 is 0 Å². The van der Waals surface area contributed by atoms with E-state index in [0.717, 1.165) is 46.7 Å². The minimum atomic E-state index is -0.0214. The number of nitrogens with one attached hydrogen (secondary N) is 1. The standard InChI is InChI=1S/C19H19NO3/c1-12-2-4-13(5-3-12)10-17(21)20-18-15-7-9-22-16(15)11-14-6-8-23-19(14)18/h2-5,11H,6-10H2,1H3,(H,20,21). The number of ether oxygens (including phenoxy) is 2. The first-order valence-corrected chi connectivity index (χ1v) is 8.00. The fourth-order valence-electron chi connectivity index (χ4n) is 3.19. The number of hydrogen-bond donors (Lipinski definition) is 1.